The number of rotatable bonds is 4. The van der Waals surface area contributed by atoms with E-state index in [-0.39, 0.29) is 24.4 Å². The number of carbonyl (C=O) groups is 1. The van der Waals surface area contributed by atoms with Crippen LogP contribution >= 0.6 is 12.4 Å². The zero-order valence-corrected chi connectivity index (χ0v) is 17.6. The maximum Gasteiger partial charge on any atom is 0.274 e. The average molecular weight is 407 g/mol. The van der Waals surface area contributed by atoms with Crippen molar-refractivity contribution in [2.75, 3.05) is 19.6 Å². The van der Waals surface area contributed by atoms with E-state index in [0.717, 1.165) is 63.3 Å². The van der Waals surface area contributed by atoms with Gasteiger partial charge < -0.3 is 14.6 Å². The second kappa shape index (κ2) is 9.14. The van der Waals surface area contributed by atoms with Crippen molar-refractivity contribution in [3.05, 3.63) is 41.6 Å². The first-order valence-electron chi connectivity index (χ1n) is 10.3. The molecular weight excluding hydrogens is 376 g/mol. The molecule has 4 rings (SSSR count). The number of hydrogen-bond acceptors (Lipinski definition) is 4. The number of halogens is 1. The Morgan fingerprint density at radius 2 is 2.18 bits per heavy atom. The molecule has 1 amide bonds. The van der Waals surface area contributed by atoms with Crippen molar-refractivity contribution in [3.8, 4) is 0 Å². The Hall–Kier alpha value is -1.79. The molecule has 0 radical (unpaired) electrons. The summed E-state index contributed by atoms with van der Waals surface area (Å²) in [5.41, 5.74) is 0.544. The molecule has 1 N–H and O–H groups in total. The quantitative estimate of drug-likeness (QED) is 0.833. The molecule has 2 aromatic rings. The lowest BCUT2D eigenvalue weighted by Crippen LogP contribution is -2.40. The van der Waals surface area contributed by atoms with Crippen molar-refractivity contribution in [1.29, 1.82) is 0 Å². The third-order valence-electron chi connectivity index (χ3n) is 5.96. The van der Waals surface area contributed by atoms with Crippen LogP contribution in [-0.4, -0.2) is 40.2 Å². The van der Waals surface area contributed by atoms with Crippen LogP contribution in [0.15, 0.2) is 28.8 Å². The van der Waals surface area contributed by atoms with Crippen molar-refractivity contribution >= 4 is 18.3 Å². The molecule has 0 saturated carbocycles. The number of aryl methyl sites for hydroxylation is 1. The van der Waals surface area contributed by atoms with Crippen molar-refractivity contribution in [2.24, 2.45) is 5.92 Å². The van der Waals surface area contributed by atoms with Gasteiger partial charge in [-0.05, 0) is 56.3 Å². The van der Waals surface area contributed by atoms with Crippen LogP contribution in [0.1, 0.15) is 73.6 Å². The molecule has 4 heterocycles. The highest BCUT2D eigenvalue weighted by Gasteiger charge is 2.34. The second-order valence-corrected chi connectivity index (χ2v) is 7.98. The molecule has 0 bridgehead atoms. The zero-order chi connectivity index (χ0) is 18.8. The predicted octanol–water partition coefficient (Wildman–Crippen LogP) is 4.00. The maximum atomic E-state index is 13.3. The summed E-state index contributed by atoms with van der Waals surface area (Å²) in [5.74, 6) is 2.48. The first-order valence-corrected chi connectivity index (χ1v) is 10.3. The van der Waals surface area contributed by atoms with Gasteiger partial charge in [-0.3, -0.25) is 9.48 Å². The van der Waals surface area contributed by atoms with Crippen molar-refractivity contribution < 1.29 is 9.21 Å². The summed E-state index contributed by atoms with van der Waals surface area (Å²) in [7, 11) is 0. The van der Waals surface area contributed by atoms with E-state index in [9.17, 15) is 4.79 Å². The van der Waals surface area contributed by atoms with Gasteiger partial charge in [0.1, 0.15) is 17.2 Å². The fourth-order valence-corrected chi connectivity index (χ4v) is 4.28. The van der Waals surface area contributed by atoms with Crippen LogP contribution in [0, 0.1) is 5.92 Å². The number of nitrogens with zero attached hydrogens (tertiary/aromatic N) is 3. The van der Waals surface area contributed by atoms with E-state index in [1.54, 1.807) is 0 Å². The first kappa shape index (κ1) is 20.9. The van der Waals surface area contributed by atoms with E-state index in [0.29, 0.717) is 17.7 Å². The molecule has 2 aromatic heterocycles. The smallest absolute Gasteiger partial charge is 0.274 e. The molecule has 2 aliphatic rings. The van der Waals surface area contributed by atoms with E-state index in [4.69, 9.17) is 4.42 Å². The Kier molecular flexibility index (Phi) is 6.83. The Labute approximate surface area is 173 Å². The SMILES string of the molecule is CCc1ccc(C2CC(C)CCN2C(=O)c2ccn(C3CCCNC3)n2)o1.Cl. The molecule has 2 fully saturated rings. The average Bonchev–Trinajstić information content (AvgIpc) is 3.38. The Bertz CT molecular complexity index is 781. The monoisotopic (exact) mass is 406 g/mol. The third kappa shape index (κ3) is 4.28. The largest absolute Gasteiger partial charge is 0.464 e. The summed E-state index contributed by atoms with van der Waals surface area (Å²) in [6, 6.07) is 6.28. The Morgan fingerprint density at radius 3 is 2.89 bits per heavy atom. The normalized spacial score (nSPS) is 25.4. The minimum absolute atomic E-state index is 0. The number of furan rings is 1. The number of carbonyl (C=O) groups excluding carboxylic acids is 1. The van der Waals surface area contributed by atoms with E-state index in [2.05, 4.69) is 24.3 Å². The summed E-state index contributed by atoms with van der Waals surface area (Å²) in [6.07, 6.45) is 7.05. The number of piperidine rings is 2. The first-order chi connectivity index (χ1) is 13.2. The Morgan fingerprint density at radius 1 is 1.32 bits per heavy atom. The molecular formula is C21H31ClN4O2. The highest BCUT2D eigenvalue weighted by molar-refractivity contribution is 5.92. The molecule has 2 saturated heterocycles. The molecule has 28 heavy (non-hydrogen) atoms. The van der Waals surface area contributed by atoms with Crippen molar-refractivity contribution in [1.82, 2.24) is 20.0 Å². The molecule has 6 nitrogen and oxygen atoms in total. The summed E-state index contributed by atoms with van der Waals surface area (Å²) >= 11 is 0. The molecule has 0 aliphatic carbocycles. The summed E-state index contributed by atoms with van der Waals surface area (Å²) in [4.78, 5) is 15.2. The van der Waals surface area contributed by atoms with Crippen LogP contribution in [0.25, 0.3) is 0 Å². The highest BCUT2D eigenvalue weighted by atomic mass is 35.5. The fraction of sp³-hybridized carbons (Fsp3) is 0.619. The molecule has 3 unspecified atom stereocenters. The molecule has 2 aliphatic heterocycles. The summed E-state index contributed by atoms with van der Waals surface area (Å²) in [6.45, 7) is 7.08. The van der Waals surface area contributed by atoms with Gasteiger partial charge in [0.15, 0.2) is 0 Å². The molecule has 7 heteroatoms. The summed E-state index contributed by atoms with van der Waals surface area (Å²) < 4.78 is 7.97. The topological polar surface area (TPSA) is 63.3 Å². The second-order valence-electron chi connectivity index (χ2n) is 7.98. The zero-order valence-electron chi connectivity index (χ0n) is 16.8. The van der Waals surface area contributed by atoms with Crippen LogP contribution < -0.4 is 5.32 Å². The van der Waals surface area contributed by atoms with Gasteiger partial charge in [-0.1, -0.05) is 13.8 Å². The minimum atomic E-state index is 0. The van der Waals surface area contributed by atoms with Crippen molar-refractivity contribution in [3.63, 3.8) is 0 Å². The number of amides is 1. The van der Waals surface area contributed by atoms with E-state index in [1.165, 1.54) is 0 Å². The highest BCUT2D eigenvalue weighted by Crippen LogP contribution is 2.36. The van der Waals surface area contributed by atoms with Gasteiger partial charge in [-0.2, -0.15) is 5.10 Å². The lowest BCUT2D eigenvalue weighted by atomic mass is 9.91. The van der Waals surface area contributed by atoms with Gasteiger partial charge >= 0.3 is 0 Å². The Balaban J connectivity index is 0.00000225. The standard InChI is InChI=1S/C21H30N4O2.ClH/c1-3-17-6-7-20(27-17)19-13-15(2)8-11-24(19)21(26)18-9-12-25(23-18)16-5-4-10-22-14-16;/h6-7,9,12,15-16,19,22H,3-5,8,10-11,13-14H2,1-2H3;1H. The third-order valence-corrected chi connectivity index (χ3v) is 5.96. The van der Waals surface area contributed by atoms with Crippen LogP contribution in [-0.2, 0) is 6.42 Å². The predicted molar refractivity (Wildman–Crippen MR) is 111 cm³/mol. The number of aromatic nitrogens is 2. The molecule has 0 spiro atoms. The molecule has 154 valence electrons. The van der Waals surface area contributed by atoms with Crippen molar-refractivity contribution in [2.45, 2.75) is 58.0 Å². The van der Waals surface area contributed by atoms with E-state index in [1.807, 2.05) is 34.0 Å². The molecule has 3 atom stereocenters. The van der Waals surface area contributed by atoms with Gasteiger partial charge in [0, 0.05) is 25.7 Å². The lowest BCUT2D eigenvalue weighted by Gasteiger charge is -2.37. The van der Waals surface area contributed by atoms with Gasteiger partial charge in [0.2, 0.25) is 0 Å². The van der Waals surface area contributed by atoms with Crippen LogP contribution in [0.2, 0.25) is 0 Å². The van der Waals surface area contributed by atoms with Gasteiger partial charge in [0.25, 0.3) is 5.91 Å². The minimum Gasteiger partial charge on any atom is -0.464 e. The van der Waals surface area contributed by atoms with Crippen LogP contribution in [0.3, 0.4) is 0 Å². The number of hydrogen-bond donors (Lipinski definition) is 1. The number of nitrogens with one attached hydrogen (secondary N) is 1. The maximum absolute atomic E-state index is 13.3. The van der Waals surface area contributed by atoms with Gasteiger partial charge in [-0.25, -0.2) is 0 Å². The number of likely N-dealkylation sites (tertiary alicyclic amines) is 1. The van der Waals surface area contributed by atoms with Gasteiger partial charge in [-0.15, -0.1) is 12.4 Å². The van der Waals surface area contributed by atoms with Crippen LogP contribution in [0.4, 0.5) is 0 Å². The van der Waals surface area contributed by atoms with Gasteiger partial charge in [0.05, 0.1) is 12.1 Å². The van der Waals surface area contributed by atoms with E-state index >= 15 is 0 Å². The molecule has 0 aromatic carbocycles. The summed E-state index contributed by atoms with van der Waals surface area (Å²) in [5, 5.41) is 8.04. The van der Waals surface area contributed by atoms with Crippen LogP contribution in [0.5, 0.6) is 0 Å². The fourth-order valence-electron chi connectivity index (χ4n) is 4.28. The van der Waals surface area contributed by atoms with E-state index < -0.39 is 0 Å². The lowest BCUT2D eigenvalue weighted by molar-refractivity contribution is 0.0511.